The van der Waals surface area contributed by atoms with E-state index in [1.165, 1.54) is 0 Å². The van der Waals surface area contributed by atoms with Crippen molar-refractivity contribution in [2.45, 2.75) is 25.1 Å². The smallest absolute Gasteiger partial charge is 0.425 e. The van der Waals surface area contributed by atoms with Crippen molar-refractivity contribution in [2.24, 2.45) is 0 Å². The average molecular weight is 240 g/mol. The highest BCUT2D eigenvalue weighted by atomic mass is 19.4. The first-order valence-electron chi connectivity index (χ1n) is 3.42. The van der Waals surface area contributed by atoms with Gasteiger partial charge in [-0.25, -0.2) is 0 Å². The Morgan fingerprint density at radius 1 is 1.20 bits per heavy atom. The van der Waals surface area contributed by atoms with Crippen LogP contribution in [-0.2, 0) is 14.3 Å². The van der Waals surface area contributed by atoms with Crippen molar-refractivity contribution in [3.8, 4) is 0 Å². The van der Waals surface area contributed by atoms with Crippen LogP contribution in [0.1, 0.15) is 6.42 Å². The van der Waals surface area contributed by atoms with E-state index in [0.717, 1.165) is 0 Å². The largest absolute Gasteiger partial charge is 0.452 e. The number of esters is 1. The zero-order valence-electron chi connectivity index (χ0n) is 7.28. The molecule has 0 amide bonds. The van der Waals surface area contributed by atoms with Gasteiger partial charge in [-0.15, -0.1) is 0 Å². The summed E-state index contributed by atoms with van der Waals surface area (Å²) in [5.41, 5.74) is 0. The fourth-order valence-corrected chi connectivity index (χ4v) is 0.573. The van der Waals surface area contributed by atoms with Gasteiger partial charge in [-0.05, 0) is 0 Å². The van der Waals surface area contributed by atoms with Gasteiger partial charge in [0.05, 0.1) is 0 Å². The summed E-state index contributed by atoms with van der Waals surface area (Å²) in [7, 11) is 0.555. The standard InChI is InChI=1S/C6H6F6O3/c1-14-4(6(10,11)12)15-3(13)2-5(7,8)9/h4H,2H2,1H3. The number of methoxy groups -OCH3 is 1. The second-order valence-corrected chi connectivity index (χ2v) is 2.39. The molecule has 1 unspecified atom stereocenters. The van der Waals surface area contributed by atoms with Gasteiger partial charge in [-0.2, -0.15) is 26.3 Å². The molecule has 90 valence electrons. The molecule has 0 heterocycles. The summed E-state index contributed by atoms with van der Waals surface area (Å²) in [6, 6.07) is 0. The molecule has 1 atom stereocenters. The normalized spacial score (nSPS) is 14.9. The molecule has 0 radical (unpaired) electrons. The van der Waals surface area contributed by atoms with Gasteiger partial charge in [0.1, 0.15) is 6.42 Å². The monoisotopic (exact) mass is 240 g/mol. The van der Waals surface area contributed by atoms with E-state index in [2.05, 4.69) is 9.47 Å². The first kappa shape index (κ1) is 14.0. The van der Waals surface area contributed by atoms with Crippen molar-refractivity contribution < 1.29 is 40.6 Å². The maximum Gasteiger partial charge on any atom is 0.452 e. The van der Waals surface area contributed by atoms with E-state index in [0.29, 0.717) is 7.11 Å². The molecular weight excluding hydrogens is 234 g/mol. The molecule has 0 N–H and O–H groups in total. The fourth-order valence-electron chi connectivity index (χ4n) is 0.573. The zero-order valence-corrected chi connectivity index (χ0v) is 7.28. The molecular formula is C6H6F6O3. The van der Waals surface area contributed by atoms with Gasteiger partial charge in [0.2, 0.25) is 0 Å². The Labute approximate surface area is 79.9 Å². The highest BCUT2D eigenvalue weighted by molar-refractivity contribution is 5.70. The van der Waals surface area contributed by atoms with Gasteiger partial charge >= 0.3 is 18.3 Å². The van der Waals surface area contributed by atoms with Gasteiger partial charge in [0, 0.05) is 7.11 Å². The lowest BCUT2D eigenvalue weighted by Gasteiger charge is -2.18. The van der Waals surface area contributed by atoms with Crippen molar-refractivity contribution in [1.82, 2.24) is 0 Å². The van der Waals surface area contributed by atoms with E-state index in [1.807, 2.05) is 0 Å². The maximum absolute atomic E-state index is 11.8. The van der Waals surface area contributed by atoms with Crippen molar-refractivity contribution in [3.05, 3.63) is 0 Å². The lowest BCUT2D eigenvalue weighted by Crippen LogP contribution is -2.36. The van der Waals surface area contributed by atoms with E-state index in [1.54, 1.807) is 0 Å². The highest BCUT2D eigenvalue weighted by Gasteiger charge is 2.45. The summed E-state index contributed by atoms with van der Waals surface area (Å²) in [6.07, 6.45) is -15.0. The van der Waals surface area contributed by atoms with Crippen molar-refractivity contribution >= 4 is 5.97 Å². The zero-order chi connectivity index (χ0) is 12.3. The van der Waals surface area contributed by atoms with Gasteiger partial charge in [0.25, 0.3) is 6.29 Å². The molecule has 0 fully saturated rings. The number of ether oxygens (including phenoxy) is 2. The molecule has 0 spiro atoms. The molecule has 15 heavy (non-hydrogen) atoms. The number of carbonyl (C=O) groups excluding carboxylic acids is 1. The van der Waals surface area contributed by atoms with Crippen LogP contribution in [0.5, 0.6) is 0 Å². The Balaban J connectivity index is 4.27. The third-order valence-electron chi connectivity index (χ3n) is 1.06. The molecule has 0 bridgehead atoms. The summed E-state index contributed by atoms with van der Waals surface area (Å²) in [5.74, 6) is -2.05. The highest BCUT2D eigenvalue weighted by Crippen LogP contribution is 2.26. The number of hydrogen-bond donors (Lipinski definition) is 0. The first-order chi connectivity index (χ1) is 6.56. The van der Waals surface area contributed by atoms with Gasteiger partial charge in [-0.3, -0.25) is 4.79 Å². The van der Waals surface area contributed by atoms with Gasteiger partial charge < -0.3 is 9.47 Å². The molecule has 0 aromatic carbocycles. The Bertz CT molecular complexity index is 220. The minimum atomic E-state index is -5.06. The van der Waals surface area contributed by atoms with Crippen LogP contribution in [0.15, 0.2) is 0 Å². The summed E-state index contributed by atoms with van der Waals surface area (Å²) in [4.78, 5) is 10.4. The van der Waals surface area contributed by atoms with Crippen LogP contribution in [-0.4, -0.2) is 31.7 Å². The minimum absolute atomic E-state index is 0.555. The van der Waals surface area contributed by atoms with E-state index in [9.17, 15) is 31.1 Å². The number of rotatable bonds is 3. The second kappa shape index (κ2) is 4.69. The molecule has 0 rings (SSSR count). The third-order valence-corrected chi connectivity index (χ3v) is 1.06. The Morgan fingerprint density at radius 3 is 1.93 bits per heavy atom. The van der Waals surface area contributed by atoms with Crippen LogP contribution >= 0.6 is 0 Å². The quantitative estimate of drug-likeness (QED) is 0.430. The minimum Gasteiger partial charge on any atom is -0.425 e. The van der Waals surface area contributed by atoms with E-state index in [-0.39, 0.29) is 0 Å². The molecule has 0 saturated heterocycles. The van der Waals surface area contributed by atoms with E-state index >= 15 is 0 Å². The van der Waals surface area contributed by atoms with Crippen LogP contribution in [0, 0.1) is 0 Å². The summed E-state index contributed by atoms with van der Waals surface area (Å²) < 4.78 is 77.2. The Morgan fingerprint density at radius 2 is 1.67 bits per heavy atom. The molecule has 0 aliphatic carbocycles. The van der Waals surface area contributed by atoms with Crippen LogP contribution < -0.4 is 0 Å². The van der Waals surface area contributed by atoms with E-state index < -0.39 is 31.0 Å². The van der Waals surface area contributed by atoms with Crippen LogP contribution in [0.3, 0.4) is 0 Å². The lowest BCUT2D eigenvalue weighted by atomic mass is 10.4. The molecule has 0 aromatic rings. The topological polar surface area (TPSA) is 35.5 Å². The number of alkyl halides is 6. The summed E-state index contributed by atoms with van der Waals surface area (Å²) >= 11 is 0. The number of carbonyl (C=O) groups is 1. The average Bonchev–Trinajstić information content (AvgIpc) is 1.94. The predicted octanol–water partition coefficient (Wildman–Crippen LogP) is 2.02. The fraction of sp³-hybridized carbons (Fsp3) is 0.833. The molecule has 0 aliphatic rings. The molecule has 0 aliphatic heterocycles. The van der Waals surface area contributed by atoms with Crippen LogP contribution in [0.2, 0.25) is 0 Å². The maximum atomic E-state index is 11.8. The van der Waals surface area contributed by atoms with Gasteiger partial charge in [-0.1, -0.05) is 0 Å². The SMILES string of the molecule is COC(OC(=O)CC(F)(F)F)C(F)(F)F. The van der Waals surface area contributed by atoms with Crippen LogP contribution in [0.25, 0.3) is 0 Å². The molecule has 0 aromatic heterocycles. The summed E-state index contributed by atoms with van der Waals surface area (Å²) in [6.45, 7) is 0. The van der Waals surface area contributed by atoms with Crippen molar-refractivity contribution in [1.29, 1.82) is 0 Å². The first-order valence-corrected chi connectivity index (χ1v) is 3.42. The molecule has 0 saturated carbocycles. The second-order valence-electron chi connectivity index (χ2n) is 2.39. The van der Waals surface area contributed by atoms with Crippen LogP contribution in [0.4, 0.5) is 26.3 Å². The van der Waals surface area contributed by atoms with E-state index in [4.69, 9.17) is 0 Å². The predicted molar refractivity (Wildman–Crippen MR) is 33.6 cm³/mol. The summed E-state index contributed by atoms with van der Waals surface area (Å²) in [5, 5.41) is 0. The number of halogens is 6. The van der Waals surface area contributed by atoms with Crippen molar-refractivity contribution in [3.63, 3.8) is 0 Å². The van der Waals surface area contributed by atoms with Crippen molar-refractivity contribution in [2.75, 3.05) is 7.11 Å². The molecule has 9 heteroatoms. The number of hydrogen-bond acceptors (Lipinski definition) is 3. The third kappa shape index (κ3) is 6.15. The van der Waals surface area contributed by atoms with Gasteiger partial charge in [0.15, 0.2) is 0 Å². The Kier molecular flexibility index (Phi) is 4.38. The Hall–Kier alpha value is -0.990. The molecule has 3 nitrogen and oxygen atoms in total. The lowest BCUT2D eigenvalue weighted by molar-refractivity contribution is -0.295.